The summed E-state index contributed by atoms with van der Waals surface area (Å²) in [4.78, 5) is 35.6. The Hall–Kier alpha value is -2.93. The maximum absolute atomic E-state index is 12.5. The lowest BCUT2D eigenvalue weighted by molar-refractivity contribution is 0.0936. The number of nitrogens with one attached hydrogen (secondary N) is 3. The van der Waals surface area contributed by atoms with Gasteiger partial charge in [-0.1, -0.05) is 18.5 Å². The van der Waals surface area contributed by atoms with Crippen molar-refractivity contribution >= 4 is 40.1 Å². The number of carbonyl (C=O) groups excluding carboxylic acids is 2. The topological polar surface area (TPSA) is 99.8 Å². The molecule has 1 aliphatic heterocycles. The van der Waals surface area contributed by atoms with Crippen molar-refractivity contribution in [1.29, 1.82) is 0 Å². The Kier molecular flexibility index (Phi) is 3.65. The standard InChI is InChI=1S/C17H14ClN5O2/c1-8-5-20-17(25)15-14(8)10-4-9(2-3-11(10)21-15)16(24)23-13-7-19-6-12(18)22-13/h2-4,6-8,21H,5H2,1H3,(H,20,25)(H,22,23,24). The van der Waals surface area contributed by atoms with Crippen LogP contribution in [-0.4, -0.2) is 33.3 Å². The summed E-state index contributed by atoms with van der Waals surface area (Å²) in [6, 6.07) is 5.28. The molecule has 2 aromatic heterocycles. The fourth-order valence-electron chi connectivity index (χ4n) is 3.07. The van der Waals surface area contributed by atoms with Crippen molar-refractivity contribution in [2.45, 2.75) is 12.8 Å². The summed E-state index contributed by atoms with van der Waals surface area (Å²) in [6.45, 7) is 2.62. The van der Waals surface area contributed by atoms with E-state index in [2.05, 4.69) is 25.6 Å². The quantitative estimate of drug-likeness (QED) is 0.658. The molecule has 0 saturated carbocycles. The molecule has 0 aliphatic carbocycles. The average molecular weight is 356 g/mol. The van der Waals surface area contributed by atoms with E-state index in [0.717, 1.165) is 16.5 Å². The van der Waals surface area contributed by atoms with Crippen LogP contribution in [0.5, 0.6) is 0 Å². The Balaban J connectivity index is 1.72. The number of anilines is 1. The molecular weight excluding hydrogens is 342 g/mol. The van der Waals surface area contributed by atoms with Crippen LogP contribution < -0.4 is 10.6 Å². The van der Waals surface area contributed by atoms with E-state index >= 15 is 0 Å². The fraction of sp³-hybridized carbons (Fsp3) is 0.176. The van der Waals surface area contributed by atoms with Crippen LogP contribution in [-0.2, 0) is 0 Å². The number of benzene rings is 1. The van der Waals surface area contributed by atoms with E-state index in [1.165, 1.54) is 12.4 Å². The van der Waals surface area contributed by atoms with Gasteiger partial charge in [0, 0.05) is 28.9 Å². The lowest BCUT2D eigenvalue weighted by Crippen LogP contribution is -2.33. The molecule has 1 unspecified atom stereocenters. The molecule has 0 fully saturated rings. The van der Waals surface area contributed by atoms with E-state index in [0.29, 0.717) is 17.8 Å². The van der Waals surface area contributed by atoms with Gasteiger partial charge < -0.3 is 15.6 Å². The first-order valence-electron chi connectivity index (χ1n) is 7.75. The highest BCUT2D eigenvalue weighted by atomic mass is 35.5. The van der Waals surface area contributed by atoms with Crippen LogP contribution in [0.2, 0.25) is 5.15 Å². The summed E-state index contributed by atoms with van der Waals surface area (Å²) in [5, 5.41) is 6.60. The monoisotopic (exact) mass is 355 g/mol. The SMILES string of the molecule is CC1CNC(=O)c2[nH]c3ccc(C(=O)Nc4cncc(Cl)n4)cc3c21. The number of hydrogen-bond acceptors (Lipinski definition) is 4. The van der Waals surface area contributed by atoms with Crippen LogP contribution in [0.1, 0.15) is 39.3 Å². The first-order valence-corrected chi connectivity index (χ1v) is 8.13. The van der Waals surface area contributed by atoms with Crippen LogP contribution in [0.25, 0.3) is 10.9 Å². The number of hydrogen-bond donors (Lipinski definition) is 3. The molecule has 3 N–H and O–H groups in total. The molecule has 3 heterocycles. The molecule has 1 atom stereocenters. The molecule has 0 radical (unpaired) electrons. The second-order valence-corrected chi connectivity index (χ2v) is 6.35. The van der Waals surface area contributed by atoms with Crippen molar-refractivity contribution < 1.29 is 9.59 Å². The summed E-state index contributed by atoms with van der Waals surface area (Å²) in [7, 11) is 0. The minimum Gasteiger partial charge on any atom is -0.350 e. The second kappa shape index (κ2) is 5.86. The molecule has 8 heteroatoms. The Bertz CT molecular complexity index is 1010. The van der Waals surface area contributed by atoms with Gasteiger partial charge in [0.2, 0.25) is 0 Å². The molecule has 0 saturated heterocycles. The van der Waals surface area contributed by atoms with Gasteiger partial charge >= 0.3 is 0 Å². The third-order valence-electron chi connectivity index (χ3n) is 4.24. The number of fused-ring (bicyclic) bond motifs is 3. The van der Waals surface area contributed by atoms with Crippen molar-refractivity contribution in [2.24, 2.45) is 0 Å². The Morgan fingerprint density at radius 3 is 3.00 bits per heavy atom. The van der Waals surface area contributed by atoms with E-state index in [1.54, 1.807) is 18.2 Å². The zero-order valence-electron chi connectivity index (χ0n) is 13.3. The average Bonchev–Trinajstić information content (AvgIpc) is 2.98. The van der Waals surface area contributed by atoms with Gasteiger partial charge in [-0.3, -0.25) is 14.6 Å². The zero-order valence-corrected chi connectivity index (χ0v) is 14.0. The molecule has 1 aromatic carbocycles. The summed E-state index contributed by atoms with van der Waals surface area (Å²) in [5.41, 5.74) is 2.80. The van der Waals surface area contributed by atoms with Gasteiger partial charge in [0.15, 0.2) is 5.82 Å². The number of aromatic nitrogens is 3. The van der Waals surface area contributed by atoms with Gasteiger partial charge in [0.1, 0.15) is 10.8 Å². The van der Waals surface area contributed by atoms with Crippen LogP contribution in [0.15, 0.2) is 30.6 Å². The maximum atomic E-state index is 12.5. The molecule has 25 heavy (non-hydrogen) atoms. The molecule has 1 aliphatic rings. The first kappa shape index (κ1) is 15.6. The number of rotatable bonds is 2. The Labute approximate surface area is 147 Å². The van der Waals surface area contributed by atoms with E-state index in [-0.39, 0.29) is 28.7 Å². The number of nitrogens with zero attached hydrogens (tertiary/aromatic N) is 2. The predicted molar refractivity (Wildman–Crippen MR) is 94.0 cm³/mol. The van der Waals surface area contributed by atoms with Crippen molar-refractivity contribution in [1.82, 2.24) is 20.3 Å². The smallest absolute Gasteiger partial charge is 0.268 e. The molecule has 0 spiro atoms. The number of amides is 2. The van der Waals surface area contributed by atoms with E-state index < -0.39 is 0 Å². The number of carbonyl (C=O) groups is 2. The van der Waals surface area contributed by atoms with E-state index in [1.807, 2.05) is 6.92 Å². The first-order chi connectivity index (χ1) is 12.0. The highest BCUT2D eigenvalue weighted by Gasteiger charge is 2.27. The maximum Gasteiger partial charge on any atom is 0.268 e. The molecular formula is C17H14ClN5O2. The summed E-state index contributed by atoms with van der Waals surface area (Å²) >= 11 is 5.78. The van der Waals surface area contributed by atoms with Crippen molar-refractivity contribution in [2.75, 3.05) is 11.9 Å². The van der Waals surface area contributed by atoms with Crippen molar-refractivity contribution in [3.05, 3.63) is 52.6 Å². The largest absolute Gasteiger partial charge is 0.350 e. The molecule has 7 nitrogen and oxygen atoms in total. The van der Waals surface area contributed by atoms with Gasteiger partial charge in [-0.05, 0) is 23.8 Å². The molecule has 2 amide bonds. The highest BCUT2D eigenvalue weighted by Crippen LogP contribution is 2.32. The summed E-state index contributed by atoms with van der Waals surface area (Å²) < 4.78 is 0. The van der Waals surface area contributed by atoms with Gasteiger partial charge in [0.05, 0.1) is 12.4 Å². The lowest BCUT2D eigenvalue weighted by atomic mass is 9.93. The van der Waals surface area contributed by atoms with E-state index in [4.69, 9.17) is 11.6 Å². The minimum absolute atomic E-state index is 0.121. The van der Waals surface area contributed by atoms with Crippen LogP contribution in [0.4, 0.5) is 5.82 Å². The molecule has 0 bridgehead atoms. The number of H-pyrrole nitrogens is 1. The predicted octanol–water partition coefficient (Wildman–Crippen LogP) is 2.71. The fourth-order valence-corrected chi connectivity index (χ4v) is 3.22. The third kappa shape index (κ3) is 2.72. The van der Waals surface area contributed by atoms with Crippen LogP contribution in [0, 0.1) is 0 Å². The van der Waals surface area contributed by atoms with Crippen molar-refractivity contribution in [3.63, 3.8) is 0 Å². The number of aromatic amines is 1. The summed E-state index contributed by atoms with van der Waals surface area (Å²) in [6.07, 6.45) is 2.81. The van der Waals surface area contributed by atoms with Gasteiger partial charge in [0.25, 0.3) is 11.8 Å². The third-order valence-corrected chi connectivity index (χ3v) is 4.42. The van der Waals surface area contributed by atoms with Gasteiger partial charge in [-0.2, -0.15) is 0 Å². The van der Waals surface area contributed by atoms with Crippen LogP contribution in [0.3, 0.4) is 0 Å². The number of halogens is 1. The lowest BCUT2D eigenvalue weighted by Gasteiger charge is -2.19. The molecule has 4 rings (SSSR count). The van der Waals surface area contributed by atoms with Crippen LogP contribution >= 0.6 is 11.6 Å². The van der Waals surface area contributed by atoms with E-state index in [9.17, 15) is 9.59 Å². The molecule has 3 aromatic rings. The minimum atomic E-state index is -0.318. The second-order valence-electron chi connectivity index (χ2n) is 5.97. The zero-order chi connectivity index (χ0) is 17.6. The van der Waals surface area contributed by atoms with Crippen molar-refractivity contribution in [3.8, 4) is 0 Å². The molecule has 126 valence electrons. The Morgan fingerprint density at radius 1 is 1.36 bits per heavy atom. The Morgan fingerprint density at radius 2 is 2.20 bits per heavy atom. The normalized spacial score (nSPS) is 16.4. The highest BCUT2D eigenvalue weighted by molar-refractivity contribution is 6.29. The summed E-state index contributed by atoms with van der Waals surface area (Å²) in [5.74, 6) is 0.00540. The van der Waals surface area contributed by atoms with Gasteiger partial charge in [-0.15, -0.1) is 0 Å². The van der Waals surface area contributed by atoms with Gasteiger partial charge in [-0.25, -0.2) is 4.98 Å².